The summed E-state index contributed by atoms with van der Waals surface area (Å²) in [6.07, 6.45) is 5.89. The second-order valence-electron chi connectivity index (χ2n) is 4.97. The Bertz CT molecular complexity index is 512. The van der Waals surface area contributed by atoms with Crippen LogP contribution >= 0.6 is 0 Å². The second kappa shape index (κ2) is 8.27. The van der Waals surface area contributed by atoms with Crippen LogP contribution in [-0.4, -0.2) is 15.0 Å². The van der Waals surface area contributed by atoms with Gasteiger partial charge in [0, 0.05) is 0 Å². The maximum Gasteiger partial charge on any atom is 0.238 e. The summed E-state index contributed by atoms with van der Waals surface area (Å²) >= 11 is 0. The summed E-state index contributed by atoms with van der Waals surface area (Å²) in [6, 6.07) is 5.04. The van der Waals surface area contributed by atoms with Gasteiger partial charge in [-0.15, -0.1) is 0 Å². The zero-order valence-corrected chi connectivity index (χ0v) is 13.2. The molecule has 0 spiro atoms. The van der Waals surface area contributed by atoms with Crippen LogP contribution in [-0.2, 0) is 16.4 Å². The van der Waals surface area contributed by atoms with Crippen molar-refractivity contribution in [3.05, 3.63) is 23.8 Å². The van der Waals surface area contributed by atoms with Gasteiger partial charge in [-0.3, -0.25) is 0 Å². The Kier molecular flexibility index (Phi) is 7.02. The SMILES string of the molecule is CCCCCc1cc(OCCCC)ccc1S(N)(=O)=O. The van der Waals surface area contributed by atoms with Crippen molar-refractivity contribution in [2.75, 3.05) is 6.61 Å². The molecule has 0 aromatic heterocycles. The van der Waals surface area contributed by atoms with Gasteiger partial charge in [0.2, 0.25) is 10.0 Å². The summed E-state index contributed by atoms with van der Waals surface area (Å²) in [5.41, 5.74) is 0.759. The summed E-state index contributed by atoms with van der Waals surface area (Å²) < 4.78 is 28.8. The number of unbranched alkanes of at least 4 members (excludes halogenated alkanes) is 3. The van der Waals surface area contributed by atoms with Crippen LogP contribution in [0.1, 0.15) is 51.5 Å². The van der Waals surface area contributed by atoms with Gasteiger partial charge in [-0.25, -0.2) is 13.6 Å². The monoisotopic (exact) mass is 299 g/mol. The standard InChI is InChI=1S/C15H25NO3S/c1-3-5-7-8-13-12-14(19-11-6-4-2)9-10-15(13)20(16,17)18/h9-10,12H,3-8,11H2,1-2H3,(H2,16,17,18). The first-order valence-corrected chi connectivity index (χ1v) is 8.82. The minimum absolute atomic E-state index is 0.219. The summed E-state index contributed by atoms with van der Waals surface area (Å²) in [7, 11) is -3.67. The first-order valence-electron chi connectivity index (χ1n) is 7.27. The molecule has 1 rings (SSSR count). The molecule has 20 heavy (non-hydrogen) atoms. The predicted molar refractivity (Wildman–Crippen MR) is 81.4 cm³/mol. The van der Waals surface area contributed by atoms with Gasteiger partial charge in [0.25, 0.3) is 0 Å². The van der Waals surface area contributed by atoms with E-state index in [-0.39, 0.29) is 4.90 Å². The van der Waals surface area contributed by atoms with E-state index in [0.29, 0.717) is 13.0 Å². The Labute approximate surface area is 122 Å². The molecule has 0 amide bonds. The predicted octanol–water partition coefficient (Wildman–Crippen LogP) is 3.25. The molecule has 4 nitrogen and oxygen atoms in total. The molecule has 0 aliphatic rings. The quantitative estimate of drug-likeness (QED) is 0.712. The molecule has 0 saturated heterocycles. The van der Waals surface area contributed by atoms with Gasteiger partial charge in [0.05, 0.1) is 11.5 Å². The summed E-state index contributed by atoms with van der Waals surface area (Å²) in [5, 5.41) is 5.26. The van der Waals surface area contributed by atoms with Crippen molar-refractivity contribution in [1.29, 1.82) is 0 Å². The van der Waals surface area contributed by atoms with E-state index < -0.39 is 10.0 Å². The molecule has 1 aromatic carbocycles. The first-order chi connectivity index (χ1) is 9.49. The van der Waals surface area contributed by atoms with E-state index in [9.17, 15) is 8.42 Å². The fraction of sp³-hybridized carbons (Fsp3) is 0.600. The molecule has 0 saturated carbocycles. The first kappa shape index (κ1) is 17.0. The Balaban J connectivity index is 2.90. The highest BCUT2D eigenvalue weighted by Crippen LogP contribution is 2.23. The average Bonchev–Trinajstić information content (AvgIpc) is 2.38. The van der Waals surface area contributed by atoms with Crippen LogP contribution in [0.25, 0.3) is 0 Å². The van der Waals surface area contributed by atoms with Gasteiger partial charge in [0.15, 0.2) is 0 Å². The van der Waals surface area contributed by atoms with Crippen molar-refractivity contribution in [3.63, 3.8) is 0 Å². The number of sulfonamides is 1. The number of aryl methyl sites for hydroxylation is 1. The lowest BCUT2D eigenvalue weighted by Crippen LogP contribution is -2.14. The molecule has 0 radical (unpaired) electrons. The van der Waals surface area contributed by atoms with E-state index in [1.165, 1.54) is 0 Å². The molecule has 5 heteroatoms. The third-order valence-electron chi connectivity index (χ3n) is 3.15. The van der Waals surface area contributed by atoms with Crippen LogP contribution in [0, 0.1) is 0 Å². The number of benzene rings is 1. The summed E-state index contributed by atoms with van der Waals surface area (Å²) in [5.74, 6) is 0.720. The molecular weight excluding hydrogens is 274 g/mol. The van der Waals surface area contributed by atoms with Crippen molar-refractivity contribution in [2.24, 2.45) is 5.14 Å². The van der Waals surface area contributed by atoms with E-state index in [1.807, 2.05) is 6.07 Å². The molecule has 0 aliphatic carbocycles. The van der Waals surface area contributed by atoms with E-state index in [4.69, 9.17) is 9.88 Å². The van der Waals surface area contributed by atoms with Crippen molar-refractivity contribution in [2.45, 2.75) is 57.3 Å². The summed E-state index contributed by atoms with van der Waals surface area (Å²) in [6.45, 7) is 4.87. The fourth-order valence-electron chi connectivity index (χ4n) is 2.02. The topological polar surface area (TPSA) is 69.4 Å². The number of nitrogens with two attached hydrogens (primary N) is 1. The highest BCUT2D eigenvalue weighted by Gasteiger charge is 2.14. The van der Waals surface area contributed by atoms with Gasteiger partial charge in [-0.1, -0.05) is 33.1 Å². The third-order valence-corrected chi connectivity index (χ3v) is 4.17. The maximum absolute atomic E-state index is 11.6. The van der Waals surface area contributed by atoms with E-state index in [2.05, 4.69) is 13.8 Å². The number of hydrogen-bond acceptors (Lipinski definition) is 3. The van der Waals surface area contributed by atoms with Crippen LogP contribution in [0.3, 0.4) is 0 Å². The minimum atomic E-state index is -3.67. The molecule has 0 fully saturated rings. The molecule has 0 unspecified atom stereocenters. The van der Waals surface area contributed by atoms with Gasteiger partial charge in [-0.05, 0) is 43.0 Å². The van der Waals surface area contributed by atoms with Gasteiger partial charge in [0.1, 0.15) is 5.75 Å². The Morgan fingerprint density at radius 2 is 1.80 bits per heavy atom. The van der Waals surface area contributed by atoms with Crippen molar-refractivity contribution < 1.29 is 13.2 Å². The normalized spacial score (nSPS) is 11.6. The van der Waals surface area contributed by atoms with Gasteiger partial charge >= 0.3 is 0 Å². The van der Waals surface area contributed by atoms with Gasteiger partial charge in [-0.2, -0.15) is 0 Å². The minimum Gasteiger partial charge on any atom is -0.494 e. The van der Waals surface area contributed by atoms with E-state index >= 15 is 0 Å². The van der Waals surface area contributed by atoms with Crippen LogP contribution in [0.2, 0.25) is 0 Å². The van der Waals surface area contributed by atoms with Crippen LogP contribution in [0.5, 0.6) is 5.75 Å². The zero-order chi connectivity index (χ0) is 15.0. The molecule has 0 aliphatic heterocycles. The number of rotatable bonds is 9. The molecule has 1 aromatic rings. The molecule has 0 atom stereocenters. The molecule has 0 heterocycles. The van der Waals surface area contributed by atoms with E-state index in [0.717, 1.165) is 43.4 Å². The maximum atomic E-state index is 11.6. The lowest BCUT2D eigenvalue weighted by molar-refractivity contribution is 0.309. The van der Waals surface area contributed by atoms with Crippen molar-refractivity contribution in [1.82, 2.24) is 0 Å². The molecular formula is C15H25NO3S. The third kappa shape index (κ3) is 5.51. The zero-order valence-electron chi connectivity index (χ0n) is 12.4. The number of hydrogen-bond donors (Lipinski definition) is 1. The lowest BCUT2D eigenvalue weighted by Gasteiger charge is -2.11. The molecule has 114 valence electrons. The number of ether oxygens (including phenoxy) is 1. The van der Waals surface area contributed by atoms with Crippen LogP contribution in [0.15, 0.2) is 23.1 Å². The van der Waals surface area contributed by atoms with E-state index in [1.54, 1.807) is 12.1 Å². The van der Waals surface area contributed by atoms with Crippen molar-refractivity contribution in [3.8, 4) is 5.75 Å². The Morgan fingerprint density at radius 1 is 1.10 bits per heavy atom. The lowest BCUT2D eigenvalue weighted by atomic mass is 10.1. The van der Waals surface area contributed by atoms with Crippen LogP contribution in [0.4, 0.5) is 0 Å². The largest absolute Gasteiger partial charge is 0.494 e. The van der Waals surface area contributed by atoms with Gasteiger partial charge < -0.3 is 4.74 Å². The highest BCUT2D eigenvalue weighted by atomic mass is 32.2. The molecule has 2 N–H and O–H groups in total. The fourth-order valence-corrected chi connectivity index (χ4v) is 2.80. The van der Waals surface area contributed by atoms with Crippen molar-refractivity contribution >= 4 is 10.0 Å². The smallest absolute Gasteiger partial charge is 0.238 e. The average molecular weight is 299 g/mol. The van der Waals surface area contributed by atoms with Crippen LogP contribution < -0.4 is 9.88 Å². The molecule has 0 bridgehead atoms. The Hall–Kier alpha value is -1.07. The summed E-state index contributed by atoms with van der Waals surface area (Å²) in [4.78, 5) is 0.219. The Morgan fingerprint density at radius 3 is 2.40 bits per heavy atom. The highest BCUT2D eigenvalue weighted by molar-refractivity contribution is 7.89. The second-order valence-corrected chi connectivity index (χ2v) is 6.50. The number of primary sulfonamides is 1.